The fourth-order valence-corrected chi connectivity index (χ4v) is 4.54. The summed E-state index contributed by atoms with van der Waals surface area (Å²) < 4.78 is 88.3. The Morgan fingerprint density at radius 1 is 1.27 bits per heavy atom. The lowest BCUT2D eigenvalue weighted by Crippen LogP contribution is -2.55. The molecule has 0 aliphatic carbocycles. The van der Waals surface area contributed by atoms with Crippen LogP contribution in [0.25, 0.3) is 0 Å². The number of hydrogen-bond donors (Lipinski definition) is 1. The highest BCUT2D eigenvalue weighted by Gasteiger charge is 2.37. The Balaban J connectivity index is 1.72. The summed E-state index contributed by atoms with van der Waals surface area (Å²) in [5.74, 6) is -6.16. The van der Waals surface area contributed by atoms with Gasteiger partial charge in [0.1, 0.15) is 23.3 Å². The van der Waals surface area contributed by atoms with Gasteiger partial charge in [-0.25, -0.2) is 30.8 Å². The first-order valence-electron chi connectivity index (χ1n) is 10.7. The third kappa shape index (κ3) is 6.85. The van der Waals surface area contributed by atoms with E-state index in [0.717, 1.165) is 18.2 Å². The molecule has 10 nitrogen and oxygen atoms in total. The third-order valence-corrected chi connectivity index (χ3v) is 6.30. The molecule has 1 saturated heterocycles. The maximum atomic E-state index is 13.8. The van der Waals surface area contributed by atoms with Crippen molar-refractivity contribution in [2.75, 3.05) is 31.2 Å². The number of nitriles is 1. The molecule has 1 aliphatic rings. The number of sulfonamides is 1. The van der Waals surface area contributed by atoms with Crippen molar-refractivity contribution in [2.45, 2.75) is 19.1 Å². The van der Waals surface area contributed by atoms with Gasteiger partial charge in [0.25, 0.3) is 6.43 Å². The summed E-state index contributed by atoms with van der Waals surface area (Å²) >= 11 is 0. The van der Waals surface area contributed by atoms with Crippen LogP contribution in [0.3, 0.4) is 0 Å². The summed E-state index contributed by atoms with van der Waals surface area (Å²) in [4.78, 5) is 30.0. The summed E-state index contributed by atoms with van der Waals surface area (Å²) in [5, 5.41) is 9.50. The molecular weight excluding hydrogens is 524 g/mol. The second kappa shape index (κ2) is 11.4. The number of pyridine rings is 1. The van der Waals surface area contributed by atoms with Crippen LogP contribution < -0.4 is 14.4 Å². The molecule has 0 saturated carbocycles. The number of carbonyl (C=O) groups is 2. The van der Waals surface area contributed by atoms with E-state index in [2.05, 4.69) is 4.98 Å². The van der Waals surface area contributed by atoms with Crippen LogP contribution in [-0.2, 0) is 25.3 Å². The highest BCUT2D eigenvalue weighted by Crippen LogP contribution is 2.31. The van der Waals surface area contributed by atoms with Gasteiger partial charge >= 0.3 is 5.97 Å². The molecule has 1 N–H and O–H groups in total. The van der Waals surface area contributed by atoms with Crippen LogP contribution in [0.15, 0.2) is 24.3 Å². The molecular formula is C22H20F4N4O6S. The minimum Gasteiger partial charge on any atom is -0.471 e. The van der Waals surface area contributed by atoms with Crippen molar-refractivity contribution in [2.24, 2.45) is 5.92 Å². The first kappa shape index (κ1) is 27.7. The van der Waals surface area contributed by atoms with Gasteiger partial charge in [-0.15, -0.1) is 0 Å². The van der Waals surface area contributed by atoms with Crippen LogP contribution in [0.4, 0.5) is 23.4 Å². The summed E-state index contributed by atoms with van der Waals surface area (Å²) in [5.41, 5.74) is -0.805. The minimum absolute atomic E-state index is 0.0314. The fraction of sp³-hybridized carbons (Fsp3) is 0.364. The van der Waals surface area contributed by atoms with Gasteiger partial charge in [0, 0.05) is 24.7 Å². The molecule has 37 heavy (non-hydrogen) atoms. The molecule has 2 heterocycles. The topological polar surface area (TPSA) is 139 Å². The zero-order chi connectivity index (χ0) is 27.3. The van der Waals surface area contributed by atoms with Gasteiger partial charge in [-0.1, -0.05) is 6.07 Å². The standard InChI is InChI=1S/C22H20F4N4O6S/c1-2-35-22(32)16-5-13(7-27)19(28-21(16)36-10-18(25)26)30-8-14(9-30)20(31)29-37(33,34)11-12-3-4-15(23)6-17(12)24/h3-6,14,18H,2,8-11H2,1H3,(H,29,31). The predicted molar refractivity (Wildman–Crippen MR) is 119 cm³/mol. The van der Waals surface area contributed by atoms with Crippen LogP contribution in [-0.4, -0.2) is 58.0 Å². The van der Waals surface area contributed by atoms with Crippen molar-refractivity contribution in [1.82, 2.24) is 9.71 Å². The van der Waals surface area contributed by atoms with Gasteiger partial charge in [-0.3, -0.25) is 9.52 Å². The molecule has 0 spiro atoms. The first-order valence-corrected chi connectivity index (χ1v) is 12.4. The predicted octanol–water partition coefficient (Wildman–Crippen LogP) is 2.13. The molecule has 0 radical (unpaired) electrons. The molecule has 15 heteroatoms. The quantitative estimate of drug-likeness (QED) is 0.352. The Morgan fingerprint density at radius 3 is 2.57 bits per heavy atom. The number of amides is 1. The molecule has 1 aromatic carbocycles. The monoisotopic (exact) mass is 544 g/mol. The van der Waals surface area contributed by atoms with Gasteiger partial charge < -0.3 is 14.4 Å². The number of ether oxygens (including phenoxy) is 2. The maximum Gasteiger partial charge on any atom is 0.343 e. The highest BCUT2D eigenvalue weighted by atomic mass is 32.2. The Kier molecular flexibility index (Phi) is 8.53. The summed E-state index contributed by atoms with van der Waals surface area (Å²) in [6, 6.07) is 5.23. The Bertz CT molecular complexity index is 1340. The van der Waals surface area contributed by atoms with Gasteiger partial charge in [0.15, 0.2) is 12.4 Å². The zero-order valence-corrected chi connectivity index (χ0v) is 20.0. The number of hydrogen-bond acceptors (Lipinski definition) is 9. The van der Waals surface area contributed by atoms with Crippen LogP contribution in [0, 0.1) is 28.9 Å². The average molecular weight is 544 g/mol. The number of aromatic nitrogens is 1. The number of anilines is 1. The average Bonchev–Trinajstić information content (AvgIpc) is 2.78. The number of esters is 1. The number of nitrogens with zero attached hydrogens (tertiary/aromatic N) is 3. The number of alkyl halides is 2. The second-order valence-corrected chi connectivity index (χ2v) is 9.53. The number of rotatable bonds is 10. The first-order chi connectivity index (χ1) is 17.4. The smallest absolute Gasteiger partial charge is 0.343 e. The van der Waals surface area contributed by atoms with E-state index < -0.39 is 64.1 Å². The lowest BCUT2D eigenvalue weighted by Gasteiger charge is -2.39. The Morgan fingerprint density at radius 2 is 1.97 bits per heavy atom. The van der Waals surface area contributed by atoms with Crippen LogP contribution in [0.2, 0.25) is 0 Å². The molecule has 1 aliphatic heterocycles. The van der Waals surface area contributed by atoms with Crippen molar-refractivity contribution in [1.29, 1.82) is 5.26 Å². The van der Waals surface area contributed by atoms with E-state index in [0.29, 0.717) is 6.07 Å². The third-order valence-electron chi connectivity index (χ3n) is 5.10. The van der Waals surface area contributed by atoms with E-state index in [1.807, 2.05) is 10.8 Å². The summed E-state index contributed by atoms with van der Waals surface area (Å²) in [7, 11) is -4.32. The molecule has 0 unspecified atom stereocenters. The maximum absolute atomic E-state index is 13.8. The van der Waals surface area contributed by atoms with Gasteiger partial charge in [0.2, 0.25) is 21.8 Å². The number of halogens is 4. The van der Waals surface area contributed by atoms with Crippen molar-refractivity contribution in [3.8, 4) is 11.9 Å². The lowest BCUT2D eigenvalue weighted by molar-refractivity contribution is -0.123. The number of benzene rings is 1. The molecule has 0 atom stereocenters. The van der Waals surface area contributed by atoms with E-state index in [1.165, 1.54) is 11.8 Å². The number of nitrogens with one attached hydrogen (secondary N) is 1. The molecule has 0 bridgehead atoms. The van der Waals surface area contributed by atoms with Crippen LogP contribution in [0.5, 0.6) is 5.88 Å². The van der Waals surface area contributed by atoms with E-state index in [4.69, 9.17) is 9.47 Å². The zero-order valence-electron chi connectivity index (χ0n) is 19.2. The number of carbonyl (C=O) groups excluding carboxylic acids is 2. The van der Waals surface area contributed by atoms with Crippen LogP contribution >= 0.6 is 0 Å². The summed E-state index contributed by atoms with van der Waals surface area (Å²) in [6.45, 7) is 0.187. The normalized spacial score (nSPS) is 13.6. The molecule has 198 valence electrons. The second-order valence-electron chi connectivity index (χ2n) is 7.81. The fourth-order valence-electron chi connectivity index (χ4n) is 3.35. The molecule has 1 aromatic heterocycles. The van der Waals surface area contributed by atoms with Crippen molar-refractivity contribution in [3.63, 3.8) is 0 Å². The van der Waals surface area contributed by atoms with Gasteiger partial charge in [-0.2, -0.15) is 10.2 Å². The largest absolute Gasteiger partial charge is 0.471 e. The molecule has 3 rings (SSSR count). The van der Waals surface area contributed by atoms with E-state index >= 15 is 0 Å². The Hall–Kier alpha value is -3.93. The van der Waals surface area contributed by atoms with Crippen molar-refractivity contribution >= 4 is 27.7 Å². The minimum atomic E-state index is -4.32. The van der Waals surface area contributed by atoms with Crippen LogP contribution in [0.1, 0.15) is 28.4 Å². The van der Waals surface area contributed by atoms with E-state index in [9.17, 15) is 40.8 Å². The Labute approximate surface area is 208 Å². The SMILES string of the molecule is CCOC(=O)c1cc(C#N)c(N2CC(C(=O)NS(=O)(=O)Cc3ccc(F)cc3F)C2)nc1OCC(F)F. The van der Waals surface area contributed by atoms with E-state index in [-0.39, 0.29) is 42.2 Å². The highest BCUT2D eigenvalue weighted by molar-refractivity contribution is 7.89. The van der Waals surface area contributed by atoms with Crippen molar-refractivity contribution < 1.29 is 45.0 Å². The molecule has 1 amide bonds. The molecule has 2 aromatic rings. The van der Waals surface area contributed by atoms with Gasteiger partial charge in [0.05, 0.1) is 23.8 Å². The summed E-state index contributed by atoms with van der Waals surface area (Å²) in [6.07, 6.45) is -2.88. The van der Waals surface area contributed by atoms with E-state index in [1.54, 1.807) is 0 Å². The molecule has 1 fully saturated rings. The lowest BCUT2D eigenvalue weighted by atomic mass is 9.98. The van der Waals surface area contributed by atoms with Gasteiger partial charge in [-0.05, 0) is 19.1 Å². The van der Waals surface area contributed by atoms with Crippen molar-refractivity contribution in [3.05, 3.63) is 52.6 Å².